The van der Waals surface area contributed by atoms with Gasteiger partial charge in [-0.05, 0) is 83.6 Å². The van der Waals surface area contributed by atoms with Crippen LogP contribution in [0, 0.1) is 40.9 Å². The van der Waals surface area contributed by atoms with Crippen LogP contribution in [0.3, 0.4) is 0 Å². The lowest BCUT2D eigenvalue weighted by molar-refractivity contribution is -0.185. The molecule has 2 bridgehead atoms. The van der Waals surface area contributed by atoms with E-state index in [1.807, 2.05) is 54.5 Å². The van der Waals surface area contributed by atoms with Gasteiger partial charge >= 0.3 is 11.9 Å². The highest BCUT2D eigenvalue weighted by Gasteiger charge is 2.60. The summed E-state index contributed by atoms with van der Waals surface area (Å²) in [6.07, 6.45) is 3.28. The summed E-state index contributed by atoms with van der Waals surface area (Å²) in [7, 11) is 1.27. The molecule has 53 heavy (non-hydrogen) atoms. The molecule has 298 valence electrons. The number of ether oxygens (including phenoxy) is 3. The minimum atomic E-state index is -1.73. The second kappa shape index (κ2) is 17.0. The number of methoxy groups -OCH3 is 1. The summed E-state index contributed by atoms with van der Waals surface area (Å²) >= 11 is 0. The van der Waals surface area contributed by atoms with Crippen LogP contribution in [0.4, 0.5) is 0 Å². The highest BCUT2D eigenvalue weighted by atomic mass is 16.6. The van der Waals surface area contributed by atoms with Crippen molar-refractivity contribution in [1.29, 1.82) is 0 Å². The molecule has 2 N–H and O–H groups in total. The molecule has 0 aromatic heterocycles. The third kappa shape index (κ3) is 9.24. The fraction of sp³-hybridized carbons (Fsp3) is 0.791. The maximum atomic E-state index is 14.8. The SMILES string of the molecule is COC(=O)C12CC(=O)C(C(C)C)CC(=O)C(C)CCCC(C)CC(=O)C1CC(C)=C1C(O)CC(C)(O)C3CCC(C)(O3)C(OC(C)=O)CCC(C)=CC12. The molecule has 2 fully saturated rings. The first-order chi connectivity index (χ1) is 24.7. The third-order valence-electron chi connectivity index (χ3n) is 13.2. The molecule has 0 amide bonds. The summed E-state index contributed by atoms with van der Waals surface area (Å²) in [5.41, 5.74) is -2.09. The van der Waals surface area contributed by atoms with Crippen molar-refractivity contribution in [2.45, 2.75) is 169 Å². The van der Waals surface area contributed by atoms with Crippen LogP contribution in [0.5, 0.6) is 0 Å². The number of aliphatic hydroxyl groups is 2. The minimum Gasteiger partial charge on any atom is -0.469 e. The lowest BCUT2D eigenvalue weighted by Crippen LogP contribution is -2.55. The van der Waals surface area contributed by atoms with Crippen molar-refractivity contribution < 1.29 is 48.4 Å². The van der Waals surface area contributed by atoms with E-state index in [2.05, 4.69) is 0 Å². The van der Waals surface area contributed by atoms with Gasteiger partial charge in [0, 0.05) is 56.3 Å². The van der Waals surface area contributed by atoms with Crippen molar-refractivity contribution in [3.63, 3.8) is 0 Å². The third-order valence-corrected chi connectivity index (χ3v) is 13.2. The quantitative estimate of drug-likeness (QED) is 0.233. The van der Waals surface area contributed by atoms with Gasteiger partial charge in [0.25, 0.3) is 0 Å². The van der Waals surface area contributed by atoms with Gasteiger partial charge in [-0.2, -0.15) is 0 Å². The molecule has 11 atom stereocenters. The monoisotopic (exact) mass is 742 g/mol. The molecule has 4 aliphatic rings. The Kier molecular flexibility index (Phi) is 13.8. The van der Waals surface area contributed by atoms with E-state index in [-0.39, 0.29) is 67.2 Å². The van der Waals surface area contributed by atoms with Crippen LogP contribution in [0.1, 0.15) is 139 Å². The van der Waals surface area contributed by atoms with Gasteiger partial charge in [-0.15, -0.1) is 0 Å². The first-order valence-electron chi connectivity index (χ1n) is 20.0. The normalized spacial score (nSPS) is 39.8. The van der Waals surface area contributed by atoms with Crippen molar-refractivity contribution in [1.82, 2.24) is 0 Å². The van der Waals surface area contributed by atoms with E-state index >= 15 is 0 Å². The molecule has 0 radical (unpaired) electrons. The number of allylic oxidation sites excluding steroid dienone is 3. The second-order valence-electron chi connectivity index (χ2n) is 18.0. The zero-order valence-electron chi connectivity index (χ0n) is 33.9. The van der Waals surface area contributed by atoms with E-state index in [4.69, 9.17) is 14.2 Å². The number of aliphatic hydroxyl groups excluding tert-OH is 1. The maximum absolute atomic E-state index is 14.8. The van der Waals surface area contributed by atoms with E-state index in [1.54, 1.807) is 6.92 Å². The lowest BCUT2D eigenvalue weighted by Gasteiger charge is -2.49. The van der Waals surface area contributed by atoms with E-state index < -0.39 is 64.6 Å². The Labute approximate surface area is 316 Å². The minimum absolute atomic E-state index is 0.0130. The van der Waals surface area contributed by atoms with Crippen LogP contribution in [0.2, 0.25) is 0 Å². The number of hydrogen-bond donors (Lipinski definition) is 2. The Morgan fingerprint density at radius 1 is 0.962 bits per heavy atom. The molecule has 0 aromatic carbocycles. The molecule has 10 heteroatoms. The number of carbonyl (C=O) groups excluding carboxylic acids is 5. The molecule has 4 rings (SSSR count). The zero-order valence-corrected chi connectivity index (χ0v) is 33.9. The molecule has 2 heterocycles. The standard InChI is InChI=1S/C43H66O10/c1-24(2)30-21-33(45)27(5)13-11-12-25(3)19-34(46)31-20-28(6)39-32(43(31,23-35(30)47)40(49)51-10)18-26(4)14-15-38(52-29(7)44)42(9)17-16-37(53-42)41(8,50)22-36(39)48/h18,24-25,27,30-32,36-38,48,50H,11-17,19-23H2,1-10H3. The van der Waals surface area contributed by atoms with E-state index in [9.17, 15) is 34.2 Å². The van der Waals surface area contributed by atoms with Crippen molar-refractivity contribution in [3.8, 4) is 0 Å². The fourth-order valence-electron chi connectivity index (χ4n) is 9.93. The van der Waals surface area contributed by atoms with Crippen molar-refractivity contribution >= 4 is 29.3 Å². The van der Waals surface area contributed by atoms with E-state index in [1.165, 1.54) is 14.0 Å². The number of esters is 2. The van der Waals surface area contributed by atoms with Gasteiger partial charge < -0.3 is 24.4 Å². The lowest BCUT2D eigenvalue weighted by atomic mass is 9.52. The Bertz CT molecular complexity index is 1470. The predicted octanol–water partition coefficient (Wildman–Crippen LogP) is 6.82. The Hall–Kier alpha value is -2.69. The predicted molar refractivity (Wildman–Crippen MR) is 200 cm³/mol. The summed E-state index contributed by atoms with van der Waals surface area (Å²) in [6.45, 7) is 16.4. The van der Waals surface area contributed by atoms with Crippen LogP contribution in [0.25, 0.3) is 0 Å². The summed E-state index contributed by atoms with van der Waals surface area (Å²) in [4.78, 5) is 70.0. The molecule has 2 aliphatic carbocycles. The highest BCUT2D eigenvalue weighted by Crippen LogP contribution is 2.56. The summed E-state index contributed by atoms with van der Waals surface area (Å²) in [6, 6.07) is 0. The smallest absolute Gasteiger partial charge is 0.313 e. The largest absolute Gasteiger partial charge is 0.469 e. The number of fused-ring (bicyclic) bond motifs is 5. The summed E-state index contributed by atoms with van der Waals surface area (Å²) < 4.78 is 18.0. The Balaban J connectivity index is 1.99. The van der Waals surface area contributed by atoms with Crippen LogP contribution in [-0.4, -0.2) is 76.1 Å². The maximum Gasteiger partial charge on any atom is 0.313 e. The topological polar surface area (TPSA) is 154 Å². The molecular weight excluding hydrogens is 676 g/mol. The average Bonchev–Trinajstić information content (AvgIpc) is 3.48. The van der Waals surface area contributed by atoms with Crippen LogP contribution < -0.4 is 0 Å². The van der Waals surface area contributed by atoms with Gasteiger partial charge in [0.05, 0.1) is 30.3 Å². The Morgan fingerprint density at radius 2 is 1.64 bits per heavy atom. The van der Waals surface area contributed by atoms with Crippen LogP contribution in [-0.2, 0) is 38.2 Å². The molecule has 1 saturated heterocycles. The number of hydrogen-bond acceptors (Lipinski definition) is 10. The molecule has 0 spiro atoms. The van der Waals surface area contributed by atoms with E-state index in [0.29, 0.717) is 37.7 Å². The first-order valence-corrected chi connectivity index (χ1v) is 20.0. The fourth-order valence-corrected chi connectivity index (χ4v) is 9.93. The Morgan fingerprint density at radius 3 is 2.26 bits per heavy atom. The van der Waals surface area contributed by atoms with Crippen LogP contribution in [0.15, 0.2) is 22.8 Å². The highest BCUT2D eigenvalue weighted by molar-refractivity contribution is 5.97. The van der Waals surface area contributed by atoms with Gasteiger partial charge in [0.2, 0.25) is 0 Å². The van der Waals surface area contributed by atoms with E-state index in [0.717, 1.165) is 24.0 Å². The van der Waals surface area contributed by atoms with Gasteiger partial charge in [-0.3, -0.25) is 24.0 Å². The molecule has 1 saturated carbocycles. The molecule has 0 aromatic rings. The zero-order chi connectivity index (χ0) is 39.6. The van der Waals surface area contributed by atoms with Crippen LogP contribution >= 0.6 is 0 Å². The van der Waals surface area contributed by atoms with Gasteiger partial charge in [0.15, 0.2) is 0 Å². The summed E-state index contributed by atoms with van der Waals surface area (Å²) in [5, 5.41) is 24.3. The van der Waals surface area contributed by atoms with Crippen molar-refractivity contribution in [3.05, 3.63) is 22.8 Å². The first kappa shape index (κ1) is 43.0. The van der Waals surface area contributed by atoms with Gasteiger partial charge in [-0.25, -0.2) is 0 Å². The average molecular weight is 743 g/mol. The number of Topliss-reactive ketones (excluding diaryl/α,β-unsaturated/α-hetero) is 3. The molecule has 11 unspecified atom stereocenters. The van der Waals surface area contributed by atoms with Crippen molar-refractivity contribution in [2.24, 2.45) is 40.9 Å². The number of rotatable bonds is 3. The number of carbonyl (C=O) groups is 5. The number of ketones is 3. The molecule has 10 nitrogen and oxygen atoms in total. The molecule has 2 aliphatic heterocycles. The van der Waals surface area contributed by atoms with Gasteiger partial charge in [-0.1, -0.05) is 57.8 Å². The summed E-state index contributed by atoms with van der Waals surface area (Å²) in [5.74, 6) is -4.55. The second-order valence-corrected chi connectivity index (χ2v) is 18.0. The van der Waals surface area contributed by atoms with Crippen molar-refractivity contribution in [2.75, 3.05) is 7.11 Å². The van der Waals surface area contributed by atoms with Gasteiger partial charge in [0.1, 0.15) is 29.1 Å². The molecular formula is C43H66O10.